The number of Topliss-reactive ketones (excluding diaryl/α,β-unsaturated/α-hetero) is 1. The molecule has 0 N–H and O–H groups in total. The van der Waals surface area contributed by atoms with Crippen molar-refractivity contribution in [2.24, 2.45) is 0 Å². The quantitative estimate of drug-likeness (QED) is 0.516. The lowest BCUT2D eigenvalue weighted by Gasteiger charge is -2.22. The van der Waals surface area contributed by atoms with Crippen LogP contribution in [-0.2, 0) is 38.5 Å². The smallest absolute Gasteiger partial charge is 0.323 e. The summed E-state index contributed by atoms with van der Waals surface area (Å²) in [6.07, 6.45) is 3.23. The van der Waals surface area contributed by atoms with E-state index in [0.29, 0.717) is 19.6 Å². The van der Waals surface area contributed by atoms with Gasteiger partial charge in [0.15, 0.2) is 5.78 Å². The first-order chi connectivity index (χ1) is 15.2. The molecule has 2 aromatic carbocycles. The van der Waals surface area contributed by atoms with Gasteiger partial charge in [0.25, 0.3) is 0 Å². The monoisotopic (exact) mass is 433 g/mol. The van der Waals surface area contributed by atoms with Crippen LogP contribution in [0, 0.1) is 0 Å². The maximum Gasteiger partial charge on any atom is 0.323 e. The fourth-order valence-electron chi connectivity index (χ4n) is 5.03. The topological polar surface area (TPSA) is 55.8 Å². The van der Waals surface area contributed by atoms with Crippen molar-refractivity contribution in [2.75, 3.05) is 19.7 Å². The zero-order valence-corrected chi connectivity index (χ0v) is 17.9. The first kappa shape index (κ1) is 22.3. The molecule has 5 heteroatoms. The fourth-order valence-corrected chi connectivity index (χ4v) is 5.03. The molecule has 0 bridgehead atoms. The summed E-state index contributed by atoms with van der Waals surface area (Å²) in [6.45, 7) is 4.55. The van der Waals surface area contributed by atoms with E-state index in [0.717, 1.165) is 65.9 Å². The highest BCUT2D eigenvalue weighted by atomic mass is 16.5. The molecule has 32 heavy (non-hydrogen) atoms. The Labute approximate surface area is 190 Å². The number of carbonyl (C=O) groups excluding carboxylic acids is 2. The molecule has 5 nitrogen and oxygen atoms in total. The van der Waals surface area contributed by atoms with E-state index in [9.17, 15) is 9.59 Å². The number of esters is 1. The summed E-state index contributed by atoms with van der Waals surface area (Å²) in [4.78, 5) is 27.1. The first-order valence-electron chi connectivity index (χ1n) is 11.2. The van der Waals surface area contributed by atoms with Gasteiger partial charge in [-0.15, -0.1) is 0 Å². The molecule has 2 heterocycles. The number of ether oxygens (including phenoxy) is 2. The van der Waals surface area contributed by atoms with Crippen molar-refractivity contribution in [3.05, 3.63) is 70.3 Å². The fraction of sp³-hybridized carbons (Fsp3) is 0.407. The zero-order chi connectivity index (χ0) is 21.4. The maximum atomic E-state index is 12.7. The lowest BCUT2D eigenvalue weighted by Crippen LogP contribution is -2.38. The molecule has 3 aliphatic rings. The Hall–Kier alpha value is -2.92. The second-order valence-corrected chi connectivity index (χ2v) is 8.44. The Morgan fingerprint density at radius 1 is 1.16 bits per heavy atom. The number of allylic oxidation sites excluding steroid dienone is 1. The van der Waals surface area contributed by atoms with Crippen molar-refractivity contribution >= 4 is 23.1 Å². The summed E-state index contributed by atoms with van der Waals surface area (Å²) < 4.78 is 11.3. The highest BCUT2D eigenvalue weighted by Gasteiger charge is 2.33. The third-order valence-electron chi connectivity index (χ3n) is 6.54. The molecule has 0 saturated carbocycles. The number of carbonyl (C=O) groups is 2. The average molecular weight is 434 g/mol. The van der Waals surface area contributed by atoms with Crippen LogP contribution in [0.15, 0.2) is 42.5 Å². The summed E-state index contributed by atoms with van der Waals surface area (Å²) >= 11 is 0. The van der Waals surface area contributed by atoms with Gasteiger partial charge in [-0.3, -0.25) is 14.5 Å². The molecule has 5 rings (SSSR count). The van der Waals surface area contributed by atoms with Crippen molar-refractivity contribution in [3.8, 4) is 0 Å². The number of ketones is 1. The van der Waals surface area contributed by atoms with Crippen LogP contribution in [0.1, 0.15) is 55.0 Å². The number of nitrogens with zero attached hydrogens (tertiary/aromatic N) is 1. The van der Waals surface area contributed by atoms with Crippen molar-refractivity contribution in [1.82, 2.24) is 4.90 Å². The number of likely N-dealkylation sites (tertiary alicyclic amines) is 1. The molecule has 2 aliphatic heterocycles. The third kappa shape index (κ3) is 3.97. The van der Waals surface area contributed by atoms with Gasteiger partial charge in [-0.25, -0.2) is 0 Å². The Kier molecular flexibility index (Phi) is 6.47. The van der Waals surface area contributed by atoms with Crippen molar-refractivity contribution in [1.29, 1.82) is 0 Å². The molecule has 0 amide bonds. The van der Waals surface area contributed by atoms with E-state index in [1.54, 1.807) is 0 Å². The molecule has 0 spiro atoms. The molecular weight excluding hydrogens is 402 g/mol. The van der Waals surface area contributed by atoms with Gasteiger partial charge < -0.3 is 9.47 Å². The minimum atomic E-state index is -0.109. The van der Waals surface area contributed by atoms with Gasteiger partial charge >= 0.3 is 5.97 Å². The molecule has 0 aromatic heterocycles. The predicted molar refractivity (Wildman–Crippen MR) is 125 cm³/mol. The lowest BCUT2D eigenvalue weighted by atomic mass is 9.98. The number of hydrogen-bond acceptors (Lipinski definition) is 5. The van der Waals surface area contributed by atoms with Gasteiger partial charge in [-0.1, -0.05) is 49.9 Å². The largest absolute Gasteiger partial charge is 0.487 e. The molecule has 0 unspecified atom stereocenters. The molecular formula is C27H31NO4. The lowest BCUT2D eigenvalue weighted by molar-refractivity contribution is -0.148. The summed E-state index contributed by atoms with van der Waals surface area (Å²) in [5, 5.41) is 0. The minimum absolute atomic E-state index is 0. The van der Waals surface area contributed by atoms with Gasteiger partial charge in [0.1, 0.15) is 18.4 Å². The van der Waals surface area contributed by atoms with Crippen molar-refractivity contribution in [2.45, 2.75) is 52.7 Å². The summed E-state index contributed by atoms with van der Waals surface area (Å²) in [5.41, 5.74) is 6.16. The van der Waals surface area contributed by atoms with Gasteiger partial charge in [0.2, 0.25) is 0 Å². The van der Waals surface area contributed by atoms with E-state index < -0.39 is 0 Å². The van der Waals surface area contributed by atoms with Crippen LogP contribution in [0.3, 0.4) is 0 Å². The molecule has 2 aromatic rings. The summed E-state index contributed by atoms with van der Waals surface area (Å²) in [5.74, 6) is 0.755. The SMILES string of the molecule is C.CCOC(=O)[C@@H]1CCCN1CCc1ccc2c(c1)CO/C2=C1/C(=O)Cc2ccccc21. The van der Waals surface area contributed by atoms with Gasteiger partial charge in [0, 0.05) is 24.1 Å². The normalized spacial score (nSPS) is 21.7. The van der Waals surface area contributed by atoms with Crippen LogP contribution in [0.5, 0.6) is 0 Å². The molecule has 1 fully saturated rings. The third-order valence-corrected chi connectivity index (χ3v) is 6.54. The van der Waals surface area contributed by atoms with E-state index in [1.807, 2.05) is 31.2 Å². The highest BCUT2D eigenvalue weighted by molar-refractivity contribution is 6.31. The zero-order valence-electron chi connectivity index (χ0n) is 17.9. The predicted octanol–water partition coefficient (Wildman–Crippen LogP) is 4.42. The minimum Gasteiger partial charge on any atom is -0.487 e. The van der Waals surface area contributed by atoms with Crippen LogP contribution in [0.25, 0.3) is 11.3 Å². The van der Waals surface area contributed by atoms with Gasteiger partial charge in [-0.05, 0) is 49.4 Å². The van der Waals surface area contributed by atoms with Crippen molar-refractivity contribution < 1.29 is 19.1 Å². The molecule has 1 aliphatic carbocycles. The van der Waals surface area contributed by atoms with Crippen LogP contribution in [-0.4, -0.2) is 42.4 Å². The second kappa shape index (κ2) is 9.29. The molecule has 1 atom stereocenters. The second-order valence-electron chi connectivity index (χ2n) is 8.44. The Balaban J connectivity index is 0.00000245. The average Bonchev–Trinajstić information content (AvgIpc) is 3.48. The molecule has 1 saturated heterocycles. The summed E-state index contributed by atoms with van der Waals surface area (Å²) in [6, 6.07) is 14.2. The van der Waals surface area contributed by atoms with Crippen molar-refractivity contribution in [3.63, 3.8) is 0 Å². The molecule has 0 radical (unpaired) electrons. The van der Waals surface area contributed by atoms with E-state index in [1.165, 1.54) is 5.56 Å². The van der Waals surface area contributed by atoms with E-state index in [2.05, 4.69) is 23.1 Å². The van der Waals surface area contributed by atoms with E-state index >= 15 is 0 Å². The Morgan fingerprint density at radius 3 is 2.84 bits per heavy atom. The van der Waals surface area contributed by atoms with Gasteiger partial charge in [0.05, 0.1) is 12.2 Å². The van der Waals surface area contributed by atoms with E-state index in [-0.39, 0.29) is 25.2 Å². The van der Waals surface area contributed by atoms with Crippen LogP contribution < -0.4 is 0 Å². The summed E-state index contributed by atoms with van der Waals surface area (Å²) in [7, 11) is 0. The Bertz CT molecular complexity index is 1070. The maximum absolute atomic E-state index is 12.7. The van der Waals surface area contributed by atoms with Gasteiger partial charge in [-0.2, -0.15) is 0 Å². The Morgan fingerprint density at radius 2 is 2.00 bits per heavy atom. The molecule has 168 valence electrons. The van der Waals surface area contributed by atoms with Crippen LogP contribution in [0.2, 0.25) is 0 Å². The highest BCUT2D eigenvalue weighted by Crippen LogP contribution is 2.40. The number of rotatable bonds is 5. The van der Waals surface area contributed by atoms with E-state index in [4.69, 9.17) is 9.47 Å². The number of hydrogen-bond donors (Lipinski definition) is 0. The first-order valence-corrected chi connectivity index (χ1v) is 11.2. The van der Waals surface area contributed by atoms with Crippen LogP contribution in [0.4, 0.5) is 0 Å². The van der Waals surface area contributed by atoms with Crippen LogP contribution >= 0.6 is 0 Å². The standard InChI is InChI=1S/C26H27NO4.CH4/c1-2-30-26(29)22-8-5-12-27(22)13-11-17-9-10-21-19(14-17)16-31-25(21)24-20-7-4-3-6-18(20)15-23(24)28;/h3-4,6-7,9-10,14,22H,2,5,8,11-13,15-16H2,1H3;1H4/b25-24+;/t22-;/m0./s1. The number of fused-ring (bicyclic) bond motifs is 2. The number of benzene rings is 2.